The maximum atomic E-state index is 13.6. The maximum absolute atomic E-state index is 13.6. The Kier molecular flexibility index (Phi) is 7.75. The molecule has 8 heteroatoms. The van der Waals surface area contributed by atoms with Gasteiger partial charge in [0.2, 0.25) is 10.0 Å². The minimum absolute atomic E-state index is 0.178. The van der Waals surface area contributed by atoms with Crippen molar-refractivity contribution in [3.8, 4) is 11.3 Å². The zero-order valence-electron chi connectivity index (χ0n) is 17.3. The molecule has 0 atom stereocenters. The summed E-state index contributed by atoms with van der Waals surface area (Å²) in [5.74, 6) is 0. The number of methoxy groups -OCH3 is 2. The van der Waals surface area contributed by atoms with E-state index in [4.69, 9.17) is 9.47 Å². The van der Waals surface area contributed by atoms with Gasteiger partial charge in [-0.2, -0.15) is 9.40 Å². The molecule has 0 aliphatic carbocycles. The van der Waals surface area contributed by atoms with Crippen LogP contribution >= 0.6 is 0 Å². The summed E-state index contributed by atoms with van der Waals surface area (Å²) in [4.78, 5) is 0.178. The van der Waals surface area contributed by atoms with Crippen molar-refractivity contribution < 1.29 is 17.9 Å². The molecule has 0 amide bonds. The van der Waals surface area contributed by atoms with Crippen molar-refractivity contribution in [1.82, 2.24) is 14.1 Å². The van der Waals surface area contributed by atoms with Crippen LogP contribution in [0.4, 0.5) is 0 Å². The molecule has 0 saturated heterocycles. The van der Waals surface area contributed by atoms with Crippen LogP contribution in [0.2, 0.25) is 0 Å². The molecule has 0 fully saturated rings. The first-order valence-electron chi connectivity index (χ1n) is 9.71. The number of benzene rings is 2. The van der Waals surface area contributed by atoms with E-state index < -0.39 is 10.0 Å². The first-order chi connectivity index (χ1) is 14.6. The van der Waals surface area contributed by atoms with Crippen LogP contribution in [0.5, 0.6) is 0 Å². The lowest BCUT2D eigenvalue weighted by atomic mass is 10.2. The number of nitrogens with zero attached hydrogens (tertiary/aromatic N) is 3. The number of rotatable bonds is 11. The molecular formula is C22H27N3O4S. The first kappa shape index (κ1) is 22.2. The molecule has 0 radical (unpaired) electrons. The number of hydrogen-bond donors (Lipinski definition) is 0. The van der Waals surface area contributed by atoms with E-state index in [0.717, 1.165) is 11.1 Å². The van der Waals surface area contributed by atoms with Gasteiger partial charge in [0.1, 0.15) is 10.6 Å². The number of aromatic nitrogens is 2. The van der Waals surface area contributed by atoms with Gasteiger partial charge in [0, 0.05) is 39.1 Å². The summed E-state index contributed by atoms with van der Waals surface area (Å²) in [5, 5.41) is 4.63. The number of hydrogen-bond acceptors (Lipinski definition) is 5. The fourth-order valence-corrected chi connectivity index (χ4v) is 4.68. The van der Waals surface area contributed by atoms with E-state index in [0.29, 0.717) is 25.5 Å². The Morgan fingerprint density at radius 3 is 2.03 bits per heavy atom. The zero-order valence-corrected chi connectivity index (χ0v) is 18.1. The molecule has 2 aromatic carbocycles. The summed E-state index contributed by atoms with van der Waals surface area (Å²) >= 11 is 0. The van der Waals surface area contributed by atoms with Crippen LogP contribution in [0.25, 0.3) is 11.3 Å². The highest BCUT2D eigenvalue weighted by molar-refractivity contribution is 7.89. The van der Waals surface area contributed by atoms with Crippen LogP contribution in [0.3, 0.4) is 0 Å². The van der Waals surface area contributed by atoms with Gasteiger partial charge in [-0.3, -0.25) is 4.68 Å². The average Bonchev–Trinajstić information content (AvgIpc) is 3.20. The Morgan fingerprint density at radius 2 is 1.47 bits per heavy atom. The van der Waals surface area contributed by atoms with E-state index in [1.54, 1.807) is 25.1 Å². The summed E-state index contributed by atoms with van der Waals surface area (Å²) < 4.78 is 40.4. The van der Waals surface area contributed by atoms with Crippen molar-refractivity contribution in [2.24, 2.45) is 0 Å². The predicted octanol–water partition coefficient (Wildman–Crippen LogP) is 2.88. The molecule has 7 nitrogen and oxygen atoms in total. The van der Waals surface area contributed by atoms with E-state index >= 15 is 0 Å². The zero-order chi connectivity index (χ0) is 21.4. The Hall–Kier alpha value is -2.52. The monoisotopic (exact) mass is 429 g/mol. The summed E-state index contributed by atoms with van der Waals surface area (Å²) in [5.41, 5.74) is 2.23. The normalized spacial score (nSPS) is 11.8. The molecule has 0 aliphatic heterocycles. The van der Waals surface area contributed by atoms with Gasteiger partial charge in [-0.05, 0) is 5.56 Å². The van der Waals surface area contributed by atoms with E-state index in [2.05, 4.69) is 5.10 Å². The van der Waals surface area contributed by atoms with Gasteiger partial charge in [0.05, 0.1) is 19.8 Å². The van der Waals surface area contributed by atoms with Crippen LogP contribution in [-0.4, -0.2) is 63.0 Å². The van der Waals surface area contributed by atoms with Gasteiger partial charge in [-0.15, -0.1) is 0 Å². The Labute approximate surface area is 177 Å². The van der Waals surface area contributed by atoms with E-state index in [-0.39, 0.29) is 18.0 Å². The molecule has 1 aromatic heterocycles. The minimum atomic E-state index is -3.81. The van der Waals surface area contributed by atoms with Crippen LogP contribution in [0.15, 0.2) is 71.8 Å². The van der Waals surface area contributed by atoms with Gasteiger partial charge in [-0.1, -0.05) is 60.7 Å². The van der Waals surface area contributed by atoms with Gasteiger partial charge >= 0.3 is 0 Å². The second-order valence-corrected chi connectivity index (χ2v) is 8.69. The molecule has 30 heavy (non-hydrogen) atoms. The van der Waals surface area contributed by atoms with Gasteiger partial charge in [0.15, 0.2) is 0 Å². The molecule has 1 heterocycles. The highest BCUT2D eigenvalue weighted by Gasteiger charge is 2.30. The Balaban J connectivity index is 2.03. The molecule has 0 saturated carbocycles. The SMILES string of the molecule is COCCN(CCOC)S(=O)(=O)c1cn(Cc2ccccc2)nc1-c1ccccc1. The molecule has 0 unspecified atom stereocenters. The molecule has 0 aliphatic rings. The average molecular weight is 430 g/mol. The van der Waals surface area contributed by atoms with Gasteiger partial charge < -0.3 is 9.47 Å². The summed E-state index contributed by atoms with van der Waals surface area (Å²) in [7, 11) is -0.706. The van der Waals surface area contributed by atoms with Gasteiger partial charge in [0.25, 0.3) is 0 Å². The quantitative estimate of drug-likeness (QED) is 0.469. The highest BCUT2D eigenvalue weighted by atomic mass is 32.2. The first-order valence-corrected chi connectivity index (χ1v) is 11.1. The molecular weight excluding hydrogens is 402 g/mol. The van der Waals surface area contributed by atoms with Crippen LogP contribution < -0.4 is 0 Å². The van der Waals surface area contributed by atoms with Crippen molar-refractivity contribution in [2.45, 2.75) is 11.4 Å². The lowest BCUT2D eigenvalue weighted by Gasteiger charge is -2.21. The second-order valence-electron chi connectivity index (χ2n) is 6.78. The summed E-state index contributed by atoms with van der Waals surface area (Å²) in [6, 6.07) is 19.2. The van der Waals surface area contributed by atoms with Crippen molar-refractivity contribution in [3.05, 3.63) is 72.4 Å². The molecule has 0 bridgehead atoms. The fraction of sp³-hybridized carbons (Fsp3) is 0.318. The lowest BCUT2D eigenvalue weighted by molar-refractivity contribution is 0.150. The largest absolute Gasteiger partial charge is 0.383 e. The lowest BCUT2D eigenvalue weighted by Crippen LogP contribution is -2.36. The van der Waals surface area contributed by atoms with Crippen molar-refractivity contribution in [2.75, 3.05) is 40.5 Å². The highest BCUT2D eigenvalue weighted by Crippen LogP contribution is 2.28. The third-order valence-corrected chi connectivity index (χ3v) is 6.57. The van der Waals surface area contributed by atoms with Crippen LogP contribution in [0.1, 0.15) is 5.56 Å². The van der Waals surface area contributed by atoms with Crippen molar-refractivity contribution in [1.29, 1.82) is 0 Å². The smallest absolute Gasteiger partial charge is 0.246 e. The molecule has 3 rings (SSSR count). The number of ether oxygens (including phenoxy) is 2. The van der Waals surface area contributed by atoms with E-state index in [9.17, 15) is 8.42 Å². The van der Waals surface area contributed by atoms with E-state index in [1.165, 1.54) is 4.31 Å². The van der Waals surface area contributed by atoms with Crippen molar-refractivity contribution in [3.63, 3.8) is 0 Å². The molecule has 160 valence electrons. The summed E-state index contributed by atoms with van der Waals surface area (Å²) in [6.45, 7) is 1.54. The standard InChI is InChI=1S/C22H27N3O4S/c1-28-15-13-25(14-16-29-2)30(26,27)21-18-24(17-19-9-5-3-6-10-19)23-22(21)20-11-7-4-8-12-20/h3-12,18H,13-17H2,1-2H3. The summed E-state index contributed by atoms with van der Waals surface area (Å²) in [6.07, 6.45) is 1.61. The van der Waals surface area contributed by atoms with Crippen LogP contribution in [-0.2, 0) is 26.0 Å². The fourth-order valence-electron chi connectivity index (χ4n) is 3.12. The Bertz CT molecular complexity index is 1010. The third-order valence-electron chi connectivity index (χ3n) is 4.67. The Morgan fingerprint density at radius 1 is 0.900 bits per heavy atom. The third kappa shape index (κ3) is 5.34. The maximum Gasteiger partial charge on any atom is 0.246 e. The molecule has 0 N–H and O–H groups in total. The van der Waals surface area contributed by atoms with Crippen molar-refractivity contribution >= 4 is 10.0 Å². The van der Waals surface area contributed by atoms with Crippen LogP contribution in [0, 0.1) is 0 Å². The molecule has 0 spiro atoms. The van der Waals surface area contributed by atoms with E-state index in [1.807, 2.05) is 60.7 Å². The molecule has 3 aromatic rings. The van der Waals surface area contributed by atoms with Gasteiger partial charge in [-0.25, -0.2) is 8.42 Å². The topological polar surface area (TPSA) is 73.7 Å². The minimum Gasteiger partial charge on any atom is -0.383 e. The predicted molar refractivity (Wildman–Crippen MR) is 116 cm³/mol. The number of sulfonamides is 1. The second kappa shape index (κ2) is 10.5.